The Labute approximate surface area is 98.6 Å². The highest BCUT2D eigenvalue weighted by molar-refractivity contribution is 6.17. The molecule has 1 saturated heterocycles. The van der Waals surface area contributed by atoms with Crippen molar-refractivity contribution in [3.05, 3.63) is 0 Å². The van der Waals surface area contributed by atoms with Gasteiger partial charge in [-0.05, 0) is 38.1 Å². The van der Waals surface area contributed by atoms with Crippen LogP contribution in [0.1, 0.15) is 25.7 Å². The predicted octanol–water partition coefficient (Wildman–Crippen LogP) is 2.03. The van der Waals surface area contributed by atoms with Gasteiger partial charge in [-0.1, -0.05) is 0 Å². The van der Waals surface area contributed by atoms with Gasteiger partial charge in [-0.3, -0.25) is 0 Å². The molecule has 0 spiro atoms. The monoisotopic (exact) mass is 230 g/mol. The van der Waals surface area contributed by atoms with Gasteiger partial charge in [-0.15, -0.1) is 11.6 Å². The first-order chi connectivity index (χ1) is 7.38. The van der Waals surface area contributed by atoms with Gasteiger partial charge in [-0.2, -0.15) is 0 Å². The number of alkyl halides is 1. The summed E-state index contributed by atoms with van der Waals surface area (Å²) in [7, 11) is 0. The van der Waals surface area contributed by atoms with Gasteiger partial charge >= 0.3 is 0 Å². The Balaban J connectivity index is 1.54. The second-order valence-electron chi connectivity index (χ2n) is 4.98. The Bertz CT molecular complexity index is 174. The molecule has 1 aliphatic heterocycles. The molecule has 2 aliphatic rings. The van der Waals surface area contributed by atoms with Crippen LogP contribution >= 0.6 is 11.6 Å². The third-order valence-electron chi connectivity index (χ3n) is 3.54. The van der Waals surface area contributed by atoms with Crippen LogP contribution < -0.4 is 0 Å². The Morgan fingerprint density at radius 1 is 0.933 bits per heavy atom. The zero-order chi connectivity index (χ0) is 10.5. The first-order valence-electron chi connectivity index (χ1n) is 6.39. The highest BCUT2D eigenvalue weighted by atomic mass is 35.5. The Kier molecular flexibility index (Phi) is 4.73. The van der Waals surface area contributed by atoms with E-state index in [1.807, 2.05) is 0 Å². The molecular weight excluding hydrogens is 208 g/mol. The van der Waals surface area contributed by atoms with E-state index in [1.54, 1.807) is 0 Å². The molecule has 1 aliphatic carbocycles. The summed E-state index contributed by atoms with van der Waals surface area (Å²) < 4.78 is 0. The fourth-order valence-electron chi connectivity index (χ4n) is 2.29. The van der Waals surface area contributed by atoms with Gasteiger partial charge in [-0.25, -0.2) is 0 Å². The summed E-state index contributed by atoms with van der Waals surface area (Å²) in [5.74, 6) is 1.87. The number of unbranched alkanes of at least 4 members (excludes halogenated alkanes) is 1. The zero-order valence-electron chi connectivity index (χ0n) is 9.63. The van der Waals surface area contributed by atoms with Crippen molar-refractivity contribution in [2.45, 2.75) is 25.7 Å². The Morgan fingerprint density at radius 2 is 1.60 bits per heavy atom. The van der Waals surface area contributed by atoms with E-state index in [4.69, 9.17) is 11.6 Å². The minimum Gasteiger partial charge on any atom is -0.301 e. The van der Waals surface area contributed by atoms with Crippen molar-refractivity contribution in [3.63, 3.8) is 0 Å². The fraction of sp³-hybridized carbons (Fsp3) is 1.00. The van der Waals surface area contributed by atoms with Crippen LogP contribution in [0.25, 0.3) is 0 Å². The number of nitrogens with zero attached hydrogens (tertiary/aromatic N) is 2. The van der Waals surface area contributed by atoms with Gasteiger partial charge in [0.25, 0.3) is 0 Å². The molecule has 0 aromatic rings. The van der Waals surface area contributed by atoms with Gasteiger partial charge in [0.2, 0.25) is 0 Å². The van der Waals surface area contributed by atoms with Crippen molar-refractivity contribution in [3.8, 4) is 0 Å². The Hall–Kier alpha value is 0.210. The lowest BCUT2D eigenvalue weighted by atomic mass is 10.2. The normalized spacial score (nSPS) is 24.6. The van der Waals surface area contributed by atoms with Gasteiger partial charge in [0.05, 0.1) is 0 Å². The molecular formula is C12H23ClN2. The minimum atomic E-state index is 0.821. The van der Waals surface area contributed by atoms with E-state index in [9.17, 15) is 0 Å². The van der Waals surface area contributed by atoms with E-state index >= 15 is 0 Å². The van der Waals surface area contributed by atoms with Crippen LogP contribution in [0.5, 0.6) is 0 Å². The van der Waals surface area contributed by atoms with Gasteiger partial charge < -0.3 is 9.80 Å². The van der Waals surface area contributed by atoms with Crippen molar-refractivity contribution in [2.24, 2.45) is 5.92 Å². The highest BCUT2D eigenvalue weighted by Gasteiger charge is 2.26. The standard InChI is InChI=1S/C12H23ClN2/c13-5-1-2-6-14-7-9-15(10-8-14)11-12-3-4-12/h12H,1-11H2. The van der Waals surface area contributed by atoms with E-state index in [2.05, 4.69) is 9.80 Å². The van der Waals surface area contributed by atoms with Crippen molar-refractivity contribution < 1.29 is 0 Å². The molecule has 88 valence electrons. The van der Waals surface area contributed by atoms with Gasteiger partial charge in [0.15, 0.2) is 0 Å². The molecule has 0 atom stereocenters. The number of halogens is 1. The number of hydrogen-bond donors (Lipinski definition) is 0. The molecule has 1 heterocycles. The summed E-state index contributed by atoms with van der Waals surface area (Å²) in [6.07, 6.45) is 5.40. The van der Waals surface area contributed by atoms with Crippen LogP contribution in [0.4, 0.5) is 0 Å². The van der Waals surface area contributed by atoms with Crippen molar-refractivity contribution in [1.29, 1.82) is 0 Å². The van der Waals surface area contributed by atoms with E-state index < -0.39 is 0 Å². The lowest BCUT2D eigenvalue weighted by Crippen LogP contribution is -2.47. The summed E-state index contributed by atoms with van der Waals surface area (Å²) in [6.45, 7) is 7.75. The van der Waals surface area contributed by atoms with E-state index in [0.717, 1.165) is 11.8 Å². The molecule has 0 aromatic heterocycles. The SMILES string of the molecule is ClCCCCN1CCN(CC2CC2)CC1. The zero-order valence-corrected chi connectivity index (χ0v) is 10.4. The number of rotatable bonds is 6. The summed E-state index contributed by atoms with van der Waals surface area (Å²) in [4.78, 5) is 5.24. The third-order valence-corrected chi connectivity index (χ3v) is 3.80. The van der Waals surface area contributed by atoms with Crippen LogP contribution in [0.2, 0.25) is 0 Å². The third kappa shape index (κ3) is 4.29. The van der Waals surface area contributed by atoms with Crippen LogP contribution in [-0.4, -0.2) is 54.9 Å². The molecule has 0 bridgehead atoms. The first kappa shape index (κ1) is 11.7. The summed E-state index contributed by atoms with van der Waals surface area (Å²) in [5.41, 5.74) is 0. The quantitative estimate of drug-likeness (QED) is 0.509. The van der Waals surface area contributed by atoms with Gasteiger partial charge in [0, 0.05) is 38.6 Å². The first-order valence-corrected chi connectivity index (χ1v) is 6.92. The molecule has 0 N–H and O–H groups in total. The summed E-state index contributed by atoms with van der Waals surface area (Å²) >= 11 is 5.68. The van der Waals surface area contributed by atoms with Crippen molar-refractivity contribution in [2.75, 3.05) is 45.1 Å². The fourth-order valence-corrected chi connectivity index (χ4v) is 2.48. The minimum absolute atomic E-state index is 0.821. The molecule has 0 amide bonds. The van der Waals surface area contributed by atoms with Crippen LogP contribution in [0.3, 0.4) is 0 Å². The molecule has 2 rings (SSSR count). The topological polar surface area (TPSA) is 6.48 Å². The van der Waals surface area contributed by atoms with E-state index in [0.29, 0.717) is 0 Å². The largest absolute Gasteiger partial charge is 0.301 e. The van der Waals surface area contributed by atoms with Crippen LogP contribution in [-0.2, 0) is 0 Å². The highest BCUT2D eigenvalue weighted by Crippen LogP contribution is 2.29. The molecule has 2 fully saturated rings. The van der Waals surface area contributed by atoms with Crippen LogP contribution in [0, 0.1) is 5.92 Å². The average Bonchev–Trinajstić information content (AvgIpc) is 3.05. The smallest absolute Gasteiger partial charge is 0.0223 e. The average molecular weight is 231 g/mol. The number of hydrogen-bond acceptors (Lipinski definition) is 2. The second kappa shape index (κ2) is 6.07. The van der Waals surface area contributed by atoms with Crippen LogP contribution in [0.15, 0.2) is 0 Å². The van der Waals surface area contributed by atoms with Gasteiger partial charge in [0.1, 0.15) is 0 Å². The molecule has 2 nitrogen and oxygen atoms in total. The Morgan fingerprint density at radius 3 is 2.20 bits per heavy atom. The maximum Gasteiger partial charge on any atom is 0.0223 e. The summed E-state index contributed by atoms with van der Waals surface area (Å²) in [5, 5.41) is 0. The van der Waals surface area contributed by atoms with E-state index in [-0.39, 0.29) is 0 Å². The van der Waals surface area contributed by atoms with Crippen molar-refractivity contribution in [1.82, 2.24) is 9.80 Å². The molecule has 3 heteroatoms. The lowest BCUT2D eigenvalue weighted by Gasteiger charge is -2.34. The molecule has 0 radical (unpaired) electrons. The predicted molar refractivity (Wildman–Crippen MR) is 65.6 cm³/mol. The molecule has 0 unspecified atom stereocenters. The molecule has 0 aromatic carbocycles. The lowest BCUT2D eigenvalue weighted by molar-refractivity contribution is 0.127. The second-order valence-corrected chi connectivity index (χ2v) is 5.36. The maximum atomic E-state index is 5.68. The summed E-state index contributed by atoms with van der Waals surface area (Å²) in [6, 6.07) is 0. The number of piperazine rings is 1. The van der Waals surface area contributed by atoms with Crippen molar-refractivity contribution >= 4 is 11.6 Å². The molecule has 15 heavy (non-hydrogen) atoms. The molecule has 1 saturated carbocycles. The van der Waals surface area contributed by atoms with E-state index in [1.165, 1.54) is 65.0 Å². The maximum absolute atomic E-state index is 5.68.